The third-order valence-corrected chi connectivity index (χ3v) is 1.72. The number of rotatable bonds is 3. The fourth-order valence-electron chi connectivity index (χ4n) is 1.02. The SMILES string of the molecule is C/C=C/CCC(=O)C#CC1OCCO1. The maximum atomic E-state index is 11.2. The second-order valence-corrected chi connectivity index (χ2v) is 2.87. The summed E-state index contributed by atoms with van der Waals surface area (Å²) in [5, 5.41) is 0. The Morgan fingerprint density at radius 1 is 1.50 bits per heavy atom. The highest BCUT2D eigenvalue weighted by Gasteiger charge is 2.12. The van der Waals surface area contributed by atoms with Crippen LogP contribution in [0.25, 0.3) is 0 Å². The van der Waals surface area contributed by atoms with Crippen molar-refractivity contribution < 1.29 is 14.3 Å². The molecule has 0 aromatic carbocycles. The minimum absolute atomic E-state index is 0.0674. The second kappa shape index (κ2) is 6.36. The molecule has 1 aliphatic heterocycles. The zero-order valence-electron chi connectivity index (χ0n) is 8.29. The van der Waals surface area contributed by atoms with Crippen molar-refractivity contribution in [3.63, 3.8) is 0 Å². The number of hydrogen-bond donors (Lipinski definition) is 0. The molecular formula is C11H14O3. The molecule has 3 nitrogen and oxygen atoms in total. The lowest BCUT2D eigenvalue weighted by atomic mass is 10.2. The lowest BCUT2D eigenvalue weighted by Crippen LogP contribution is -2.04. The van der Waals surface area contributed by atoms with Crippen LogP contribution < -0.4 is 0 Å². The summed E-state index contributed by atoms with van der Waals surface area (Å²) >= 11 is 0. The first-order chi connectivity index (χ1) is 6.83. The summed E-state index contributed by atoms with van der Waals surface area (Å²) in [6.07, 6.45) is 4.58. The third-order valence-electron chi connectivity index (χ3n) is 1.72. The van der Waals surface area contributed by atoms with Crippen LogP contribution in [-0.4, -0.2) is 25.3 Å². The van der Waals surface area contributed by atoms with Crippen LogP contribution in [0.2, 0.25) is 0 Å². The van der Waals surface area contributed by atoms with Crippen LogP contribution in [0.15, 0.2) is 12.2 Å². The Morgan fingerprint density at radius 3 is 2.86 bits per heavy atom. The Labute approximate surface area is 84.1 Å². The van der Waals surface area contributed by atoms with Gasteiger partial charge in [0.05, 0.1) is 13.2 Å². The van der Waals surface area contributed by atoms with E-state index in [2.05, 4.69) is 11.8 Å². The summed E-state index contributed by atoms with van der Waals surface area (Å²) < 4.78 is 10.1. The zero-order chi connectivity index (χ0) is 10.2. The minimum atomic E-state index is -0.499. The van der Waals surface area contributed by atoms with Crippen LogP contribution >= 0.6 is 0 Å². The second-order valence-electron chi connectivity index (χ2n) is 2.87. The first-order valence-corrected chi connectivity index (χ1v) is 4.71. The highest BCUT2D eigenvalue weighted by molar-refractivity contribution is 5.95. The highest BCUT2D eigenvalue weighted by atomic mass is 16.7. The Kier molecular flexibility index (Phi) is 4.98. The number of ketones is 1. The van der Waals surface area contributed by atoms with Crippen molar-refractivity contribution in [2.75, 3.05) is 13.2 Å². The molecule has 0 radical (unpaired) electrons. The molecule has 0 aromatic rings. The van der Waals surface area contributed by atoms with Crippen molar-refractivity contribution in [3.8, 4) is 11.8 Å². The molecule has 0 spiro atoms. The van der Waals surface area contributed by atoms with E-state index in [1.54, 1.807) is 0 Å². The lowest BCUT2D eigenvalue weighted by Gasteiger charge is -1.96. The number of Topliss-reactive ketones (excluding diaryl/α,β-unsaturated/α-hetero) is 1. The number of ether oxygens (including phenoxy) is 2. The van der Waals surface area contributed by atoms with Crippen LogP contribution in [0.4, 0.5) is 0 Å². The molecule has 1 fully saturated rings. The molecule has 0 atom stereocenters. The van der Waals surface area contributed by atoms with Crippen molar-refractivity contribution in [1.29, 1.82) is 0 Å². The number of carbonyl (C=O) groups excluding carboxylic acids is 1. The van der Waals surface area contributed by atoms with E-state index < -0.39 is 6.29 Å². The molecule has 76 valence electrons. The molecule has 1 aliphatic rings. The lowest BCUT2D eigenvalue weighted by molar-refractivity contribution is -0.113. The van der Waals surface area contributed by atoms with Gasteiger partial charge in [-0.3, -0.25) is 4.79 Å². The first kappa shape index (κ1) is 11.0. The molecule has 0 N–H and O–H groups in total. The average Bonchev–Trinajstić information content (AvgIpc) is 2.68. The van der Waals surface area contributed by atoms with Crippen molar-refractivity contribution in [1.82, 2.24) is 0 Å². The van der Waals surface area contributed by atoms with E-state index in [-0.39, 0.29) is 5.78 Å². The predicted octanol–water partition coefficient (Wildman–Crippen LogP) is 1.29. The van der Waals surface area contributed by atoms with Gasteiger partial charge in [0.15, 0.2) is 0 Å². The van der Waals surface area contributed by atoms with E-state index in [1.807, 2.05) is 19.1 Å². The van der Waals surface area contributed by atoms with Gasteiger partial charge in [0.25, 0.3) is 0 Å². The van der Waals surface area contributed by atoms with Gasteiger partial charge in [-0.05, 0) is 25.2 Å². The highest BCUT2D eigenvalue weighted by Crippen LogP contribution is 2.01. The molecule has 1 rings (SSSR count). The van der Waals surface area contributed by atoms with Crippen molar-refractivity contribution in [3.05, 3.63) is 12.2 Å². The zero-order valence-corrected chi connectivity index (χ0v) is 8.29. The van der Waals surface area contributed by atoms with Crippen molar-refractivity contribution >= 4 is 5.78 Å². The monoisotopic (exact) mass is 194 g/mol. The summed E-state index contributed by atoms with van der Waals surface area (Å²) in [4.78, 5) is 11.2. The van der Waals surface area contributed by atoms with Crippen LogP contribution in [-0.2, 0) is 14.3 Å². The Hall–Kier alpha value is -1.11. The van der Waals surface area contributed by atoms with Gasteiger partial charge in [-0.2, -0.15) is 0 Å². The molecule has 0 bridgehead atoms. The summed E-state index contributed by atoms with van der Waals surface area (Å²) in [6.45, 7) is 3.05. The maximum Gasteiger partial charge on any atom is 0.223 e. The maximum absolute atomic E-state index is 11.2. The van der Waals surface area contributed by atoms with Gasteiger partial charge in [-0.1, -0.05) is 12.2 Å². The quantitative estimate of drug-likeness (QED) is 0.386. The van der Waals surface area contributed by atoms with Crippen LogP contribution in [0.5, 0.6) is 0 Å². The normalized spacial score (nSPS) is 16.9. The smallest absolute Gasteiger partial charge is 0.223 e. The van der Waals surface area contributed by atoms with E-state index >= 15 is 0 Å². The molecule has 3 heteroatoms. The van der Waals surface area contributed by atoms with Crippen molar-refractivity contribution in [2.24, 2.45) is 0 Å². The average molecular weight is 194 g/mol. The summed E-state index contributed by atoms with van der Waals surface area (Å²) in [5.74, 6) is 5.08. The molecule has 14 heavy (non-hydrogen) atoms. The van der Waals surface area contributed by atoms with Gasteiger partial charge in [0.1, 0.15) is 0 Å². The molecule has 1 saturated heterocycles. The predicted molar refractivity (Wildman–Crippen MR) is 52.5 cm³/mol. The topological polar surface area (TPSA) is 35.5 Å². The van der Waals surface area contributed by atoms with Crippen LogP contribution in [0.1, 0.15) is 19.8 Å². The summed E-state index contributed by atoms with van der Waals surface area (Å²) in [7, 11) is 0. The molecular weight excluding hydrogens is 180 g/mol. The molecule has 0 aromatic heterocycles. The van der Waals surface area contributed by atoms with E-state index in [0.717, 1.165) is 6.42 Å². The van der Waals surface area contributed by atoms with Gasteiger partial charge in [-0.25, -0.2) is 0 Å². The first-order valence-electron chi connectivity index (χ1n) is 4.71. The van der Waals surface area contributed by atoms with Crippen LogP contribution in [0.3, 0.4) is 0 Å². The van der Waals surface area contributed by atoms with E-state index in [4.69, 9.17) is 9.47 Å². The van der Waals surface area contributed by atoms with E-state index in [0.29, 0.717) is 19.6 Å². The Morgan fingerprint density at radius 2 is 2.21 bits per heavy atom. The number of allylic oxidation sites excluding steroid dienone is 2. The molecule has 0 saturated carbocycles. The van der Waals surface area contributed by atoms with Gasteiger partial charge in [0.2, 0.25) is 12.1 Å². The van der Waals surface area contributed by atoms with Crippen molar-refractivity contribution in [2.45, 2.75) is 26.1 Å². The van der Waals surface area contributed by atoms with E-state index in [1.165, 1.54) is 0 Å². The fourth-order valence-corrected chi connectivity index (χ4v) is 1.02. The minimum Gasteiger partial charge on any atom is -0.340 e. The summed E-state index contributed by atoms with van der Waals surface area (Å²) in [6, 6.07) is 0. The summed E-state index contributed by atoms with van der Waals surface area (Å²) in [5.41, 5.74) is 0. The van der Waals surface area contributed by atoms with E-state index in [9.17, 15) is 4.79 Å². The molecule has 1 heterocycles. The Balaban J connectivity index is 2.24. The third kappa shape index (κ3) is 4.22. The van der Waals surface area contributed by atoms with Gasteiger partial charge >= 0.3 is 0 Å². The largest absolute Gasteiger partial charge is 0.340 e. The van der Waals surface area contributed by atoms with Gasteiger partial charge in [-0.15, -0.1) is 0 Å². The number of carbonyl (C=O) groups is 1. The van der Waals surface area contributed by atoms with Gasteiger partial charge in [0, 0.05) is 6.42 Å². The van der Waals surface area contributed by atoms with Gasteiger partial charge < -0.3 is 9.47 Å². The standard InChI is InChI=1S/C11H14O3/c1-2-3-4-5-10(12)6-7-11-13-8-9-14-11/h2-3,11H,4-5,8-9H2,1H3/b3-2+. The molecule has 0 unspecified atom stereocenters. The number of hydrogen-bond acceptors (Lipinski definition) is 3. The fraction of sp³-hybridized carbons (Fsp3) is 0.545. The molecule has 0 aliphatic carbocycles. The molecule has 0 amide bonds. The Bertz CT molecular complexity index is 264. The van der Waals surface area contributed by atoms with Crippen LogP contribution in [0, 0.1) is 11.8 Å².